The molecule has 0 saturated carbocycles. The van der Waals surface area contributed by atoms with Crippen molar-refractivity contribution in [3.05, 3.63) is 12.2 Å². The fraction of sp³-hybridized carbons (Fsp3) is 0.920. The van der Waals surface area contributed by atoms with Crippen molar-refractivity contribution in [1.82, 2.24) is 0 Å². The first-order valence-corrected chi connectivity index (χ1v) is 13.2. The second-order valence-corrected chi connectivity index (χ2v) is 9.57. The van der Waals surface area contributed by atoms with Gasteiger partial charge in [0.05, 0.1) is 19.8 Å². The second kappa shape index (κ2) is 17.0. The normalized spacial score (nSPS) is 37.6. The largest absolute Gasteiger partial charge is 0.394 e. The highest BCUT2D eigenvalue weighted by Gasteiger charge is 2.50. The van der Waals surface area contributed by atoms with E-state index in [9.17, 15) is 35.7 Å². The molecule has 2 fully saturated rings. The Balaban J connectivity index is 1.75. The number of unbranched alkanes of at least 4 members (excludes halogenated alkanes) is 8. The molecule has 0 aromatic heterocycles. The van der Waals surface area contributed by atoms with Crippen molar-refractivity contribution < 1.29 is 54.7 Å². The minimum Gasteiger partial charge on any atom is -0.394 e. The van der Waals surface area contributed by atoms with Gasteiger partial charge in [-0.1, -0.05) is 64.0 Å². The van der Waals surface area contributed by atoms with Crippen LogP contribution in [0.25, 0.3) is 0 Å². The number of aliphatic hydroxyl groups is 7. The van der Waals surface area contributed by atoms with E-state index < -0.39 is 74.6 Å². The van der Waals surface area contributed by atoms with Gasteiger partial charge in [-0.15, -0.1) is 0 Å². The molecule has 11 heteroatoms. The topological polar surface area (TPSA) is 179 Å². The Kier molecular flexibility index (Phi) is 14.9. The molecule has 212 valence electrons. The van der Waals surface area contributed by atoms with E-state index in [1.165, 1.54) is 44.9 Å². The fourth-order valence-electron chi connectivity index (χ4n) is 4.43. The Morgan fingerprint density at radius 1 is 0.639 bits per heavy atom. The quantitative estimate of drug-likeness (QED) is 0.105. The molecule has 0 radical (unpaired) electrons. The van der Waals surface area contributed by atoms with Gasteiger partial charge in [-0.25, -0.2) is 0 Å². The van der Waals surface area contributed by atoms with Crippen LogP contribution in [0.15, 0.2) is 12.2 Å². The van der Waals surface area contributed by atoms with Crippen LogP contribution < -0.4 is 0 Å². The summed E-state index contributed by atoms with van der Waals surface area (Å²) in [7, 11) is 0. The van der Waals surface area contributed by atoms with Gasteiger partial charge < -0.3 is 54.7 Å². The molecule has 10 atom stereocenters. The average Bonchev–Trinajstić information content (AvgIpc) is 2.88. The molecule has 0 amide bonds. The smallest absolute Gasteiger partial charge is 0.187 e. The van der Waals surface area contributed by atoms with Crippen LogP contribution in [0.1, 0.15) is 64.7 Å². The van der Waals surface area contributed by atoms with Crippen LogP contribution in [-0.2, 0) is 18.9 Å². The SMILES string of the molecule is CCCCCCCCCC/C=C/COC1O[C@H](CO)[C@@H](O[C@@H]2O[C@H](CO)[C@H](O)[C@H](O)[C@H]2O)[C@H](O)[C@H]1O. The van der Waals surface area contributed by atoms with Gasteiger partial charge in [-0.3, -0.25) is 0 Å². The maximum Gasteiger partial charge on any atom is 0.187 e. The Morgan fingerprint density at radius 2 is 1.22 bits per heavy atom. The molecule has 2 heterocycles. The van der Waals surface area contributed by atoms with E-state index in [-0.39, 0.29) is 6.61 Å². The summed E-state index contributed by atoms with van der Waals surface area (Å²) in [5.41, 5.74) is 0. The lowest BCUT2D eigenvalue weighted by Gasteiger charge is -2.45. The third-order valence-electron chi connectivity index (χ3n) is 6.71. The number of hydrogen-bond acceptors (Lipinski definition) is 11. The van der Waals surface area contributed by atoms with E-state index in [4.69, 9.17) is 18.9 Å². The third-order valence-corrected chi connectivity index (χ3v) is 6.71. The molecule has 0 spiro atoms. The average molecular weight is 523 g/mol. The van der Waals surface area contributed by atoms with Gasteiger partial charge in [0.1, 0.15) is 48.8 Å². The van der Waals surface area contributed by atoms with E-state index in [0.29, 0.717) is 0 Å². The summed E-state index contributed by atoms with van der Waals surface area (Å²) in [6.45, 7) is 1.11. The fourth-order valence-corrected chi connectivity index (χ4v) is 4.43. The van der Waals surface area contributed by atoms with Crippen molar-refractivity contribution in [1.29, 1.82) is 0 Å². The first-order chi connectivity index (χ1) is 17.3. The maximum atomic E-state index is 10.6. The molecule has 2 aliphatic rings. The van der Waals surface area contributed by atoms with Gasteiger partial charge in [0.15, 0.2) is 12.6 Å². The first kappa shape index (κ1) is 31.5. The van der Waals surface area contributed by atoms with Crippen LogP contribution in [0.3, 0.4) is 0 Å². The predicted octanol–water partition coefficient (Wildman–Crippen LogP) is -0.286. The number of rotatable bonds is 16. The van der Waals surface area contributed by atoms with E-state index >= 15 is 0 Å². The van der Waals surface area contributed by atoms with Gasteiger partial charge in [0.2, 0.25) is 0 Å². The van der Waals surface area contributed by atoms with Crippen molar-refractivity contribution in [3.63, 3.8) is 0 Å². The highest BCUT2D eigenvalue weighted by Crippen LogP contribution is 2.29. The zero-order chi connectivity index (χ0) is 26.5. The predicted molar refractivity (Wildman–Crippen MR) is 129 cm³/mol. The first-order valence-electron chi connectivity index (χ1n) is 13.2. The standard InChI is InChI=1S/C25H46O11/c1-2-3-4-5-6-7-8-9-10-11-12-13-33-24-22(32)20(30)23(17(15-27)35-24)36-25-21(31)19(29)18(28)16(14-26)34-25/h11-12,16-32H,2-10,13-15H2,1H3/b12-11+/t16-,17-,18+,19+,20-,21-,22-,23-,24?,25+/m1/s1. The lowest BCUT2D eigenvalue weighted by atomic mass is 9.97. The van der Waals surface area contributed by atoms with Gasteiger partial charge in [0, 0.05) is 0 Å². The Bertz CT molecular complexity index is 603. The molecule has 0 bridgehead atoms. The number of aliphatic hydroxyl groups excluding tert-OH is 7. The molecule has 0 aromatic carbocycles. The zero-order valence-electron chi connectivity index (χ0n) is 21.2. The molecule has 2 saturated heterocycles. The highest BCUT2D eigenvalue weighted by atomic mass is 16.7. The summed E-state index contributed by atoms with van der Waals surface area (Å²) < 4.78 is 21.9. The van der Waals surface area contributed by atoms with E-state index in [1.807, 2.05) is 12.2 Å². The van der Waals surface area contributed by atoms with Gasteiger partial charge in [-0.2, -0.15) is 0 Å². The summed E-state index contributed by atoms with van der Waals surface area (Å²) in [5, 5.41) is 70.1. The molecule has 0 aromatic rings. The van der Waals surface area contributed by atoms with Crippen LogP contribution in [0, 0.1) is 0 Å². The molecule has 11 nitrogen and oxygen atoms in total. The Labute approximate surface area is 213 Å². The molecular formula is C25H46O11. The van der Waals surface area contributed by atoms with E-state index in [1.54, 1.807) is 0 Å². The van der Waals surface area contributed by atoms with Gasteiger partial charge >= 0.3 is 0 Å². The van der Waals surface area contributed by atoms with Crippen LogP contribution in [0.5, 0.6) is 0 Å². The van der Waals surface area contributed by atoms with Crippen molar-refractivity contribution in [2.24, 2.45) is 0 Å². The second-order valence-electron chi connectivity index (χ2n) is 9.57. The summed E-state index contributed by atoms with van der Waals surface area (Å²) in [4.78, 5) is 0. The lowest BCUT2D eigenvalue weighted by Crippen LogP contribution is -2.64. The van der Waals surface area contributed by atoms with E-state index in [0.717, 1.165) is 12.8 Å². The number of hydrogen-bond donors (Lipinski definition) is 7. The monoisotopic (exact) mass is 522 g/mol. The maximum absolute atomic E-state index is 10.6. The van der Waals surface area contributed by atoms with E-state index in [2.05, 4.69) is 6.92 Å². The summed E-state index contributed by atoms with van der Waals surface area (Å²) in [6, 6.07) is 0. The Hall–Kier alpha value is -0.700. The molecular weight excluding hydrogens is 476 g/mol. The Morgan fingerprint density at radius 3 is 1.86 bits per heavy atom. The lowest BCUT2D eigenvalue weighted by molar-refractivity contribution is -0.358. The van der Waals surface area contributed by atoms with Crippen LogP contribution in [0.4, 0.5) is 0 Å². The van der Waals surface area contributed by atoms with Gasteiger partial charge in [-0.05, 0) is 12.8 Å². The van der Waals surface area contributed by atoms with Crippen LogP contribution in [0.2, 0.25) is 0 Å². The molecule has 7 N–H and O–H groups in total. The number of allylic oxidation sites excluding steroid dienone is 1. The summed E-state index contributed by atoms with van der Waals surface area (Å²) in [6.07, 6.45) is 0.195. The van der Waals surface area contributed by atoms with Crippen molar-refractivity contribution in [2.45, 2.75) is 126 Å². The van der Waals surface area contributed by atoms with Crippen LogP contribution >= 0.6 is 0 Å². The zero-order valence-corrected chi connectivity index (χ0v) is 21.2. The molecule has 0 aliphatic carbocycles. The number of ether oxygens (including phenoxy) is 4. The minimum absolute atomic E-state index is 0.141. The molecule has 2 aliphatic heterocycles. The van der Waals surface area contributed by atoms with Crippen molar-refractivity contribution in [3.8, 4) is 0 Å². The molecule has 36 heavy (non-hydrogen) atoms. The van der Waals surface area contributed by atoms with Crippen LogP contribution in [-0.4, -0.2) is 117 Å². The highest BCUT2D eigenvalue weighted by molar-refractivity contribution is 4.94. The van der Waals surface area contributed by atoms with Crippen molar-refractivity contribution in [2.75, 3.05) is 19.8 Å². The minimum atomic E-state index is -1.70. The molecule has 1 unspecified atom stereocenters. The summed E-state index contributed by atoms with van der Waals surface area (Å²) >= 11 is 0. The third kappa shape index (κ3) is 9.25. The summed E-state index contributed by atoms with van der Waals surface area (Å²) in [5.74, 6) is 0. The molecule has 2 rings (SSSR count). The van der Waals surface area contributed by atoms with Crippen molar-refractivity contribution >= 4 is 0 Å². The van der Waals surface area contributed by atoms with Gasteiger partial charge in [0.25, 0.3) is 0 Å².